The molecule has 2 aromatic carbocycles. The molecular formula is C20H14F18N4. The van der Waals surface area contributed by atoms with Crippen molar-refractivity contribution in [2.75, 3.05) is 22.9 Å². The van der Waals surface area contributed by atoms with Crippen molar-refractivity contribution >= 4 is 22.7 Å². The molecule has 0 heterocycles. The summed E-state index contributed by atoms with van der Waals surface area (Å²) in [5.41, 5.74) is 13.1. The minimum absolute atomic E-state index is 0.153. The zero-order valence-corrected chi connectivity index (χ0v) is 19.6. The van der Waals surface area contributed by atoms with Crippen molar-refractivity contribution in [1.29, 1.82) is 0 Å². The highest BCUT2D eigenvalue weighted by Crippen LogP contribution is 2.62. The van der Waals surface area contributed by atoms with Crippen molar-refractivity contribution < 1.29 is 79.0 Å². The maximum absolute atomic E-state index is 13.9. The molecule has 2 aromatic rings. The number of halogens is 18. The SMILES string of the molecule is Nc1ccc(N)c(C(F)(F)C(F)(F)C(F)(F)C(F)(F)C(F)(F)C(F)(F)F)c1.Nc1cccc(C(F)(F)C(F)(F)F)c1N. The van der Waals surface area contributed by atoms with Crippen molar-refractivity contribution in [3.63, 3.8) is 0 Å². The molecule has 42 heavy (non-hydrogen) atoms. The Bertz CT molecular complexity index is 1270. The summed E-state index contributed by atoms with van der Waals surface area (Å²) >= 11 is 0. The molecule has 0 radical (unpaired) electrons. The fourth-order valence-corrected chi connectivity index (χ4v) is 2.79. The van der Waals surface area contributed by atoms with Gasteiger partial charge in [-0.3, -0.25) is 0 Å². The lowest BCUT2D eigenvalue weighted by Gasteiger charge is -2.40. The van der Waals surface area contributed by atoms with Crippen LogP contribution in [0.5, 0.6) is 0 Å². The van der Waals surface area contributed by atoms with Gasteiger partial charge in [0.25, 0.3) is 0 Å². The molecule has 0 aliphatic heterocycles. The van der Waals surface area contributed by atoms with Crippen molar-refractivity contribution in [2.24, 2.45) is 0 Å². The highest BCUT2D eigenvalue weighted by molar-refractivity contribution is 5.68. The molecule has 4 nitrogen and oxygen atoms in total. The highest BCUT2D eigenvalue weighted by Gasteiger charge is 2.91. The third kappa shape index (κ3) is 5.70. The quantitative estimate of drug-likeness (QED) is 0.191. The molecule has 0 saturated carbocycles. The standard InChI is InChI=1S/C12H7F13N2.C8H7F5N2/c13-7(14,5-3-4(26)1-2-6(5)27)8(15,16)9(17,18)10(19,20)11(21,22)12(23,24)25;9-7(10,8(11,12)13)4-2-1-3-5(14)6(4)15/h1-3H,26-27H2;1-3H,14-15H2. The summed E-state index contributed by atoms with van der Waals surface area (Å²) < 4.78 is 231. The Morgan fingerprint density at radius 1 is 0.405 bits per heavy atom. The molecule has 8 N–H and O–H groups in total. The Morgan fingerprint density at radius 2 is 0.857 bits per heavy atom. The number of anilines is 4. The Balaban J connectivity index is 0.000000495. The Labute approximate surface area is 221 Å². The topological polar surface area (TPSA) is 104 Å². The van der Waals surface area contributed by atoms with E-state index in [1.165, 1.54) is 0 Å². The number of hydrogen-bond donors (Lipinski definition) is 4. The third-order valence-corrected chi connectivity index (χ3v) is 5.18. The summed E-state index contributed by atoms with van der Waals surface area (Å²) in [5, 5.41) is 0. The van der Waals surface area contributed by atoms with Crippen LogP contribution in [0.3, 0.4) is 0 Å². The fraction of sp³-hybridized carbons (Fsp3) is 0.400. The average Bonchev–Trinajstić information content (AvgIpc) is 2.80. The van der Waals surface area contributed by atoms with Gasteiger partial charge in [-0.1, -0.05) is 12.1 Å². The van der Waals surface area contributed by atoms with Crippen LogP contribution in [-0.4, -0.2) is 36.0 Å². The van der Waals surface area contributed by atoms with Crippen LogP contribution in [0.15, 0.2) is 36.4 Å². The number of para-hydroxylation sites is 1. The Morgan fingerprint density at radius 3 is 1.29 bits per heavy atom. The number of nitrogen functional groups attached to an aromatic ring is 4. The van der Waals surface area contributed by atoms with Gasteiger partial charge in [-0.15, -0.1) is 0 Å². The van der Waals surface area contributed by atoms with Crippen LogP contribution in [-0.2, 0) is 11.8 Å². The van der Waals surface area contributed by atoms with E-state index in [2.05, 4.69) is 0 Å². The van der Waals surface area contributed by atoms with E-state index in [0.717, 1.165) is 12.1 Å². The van der Waals surface area contributed by atoms with Crippen LogP contribution < -0.4 is 22.9 Å². The van der Waals surface area contributed by atoms with E-state index < -0.39 is 76.1 Å². The van der Waals surface area contributed by atoms with Gasteiger partial charge in [0.05, 0.1) is 22.5 Å². The number of rotatable bonds is 6. The van der Waals surface area contributed by atoms with Crippen molar-refractivity contribution in [3.8, 4) is 0 Å². The second-order valence-corrected chi connectivity index (χ2v) is 8.10. The van der Waals surface area contributed by atoms with E-state index in [1.807, 2.05) is 0 Å². The zero-order valence-electron chi connectivity index (χ0n) is 19.6. The minimum Gasteiger partial charge on any atom is -0.399 e. The lowest BCUT2D eigenvalue weighted by atomic mass is 9.90. The second kappa shape index (κ2) is 10.6. The van der Waals surface area contributed by atoms with Gasteiger partial charge in [-0.25, -0.2) is 0 Å². The van der Waals surface area contributed by atoms with Gasteiger partial charge < -0.3 is 22.9 Å². The summed E-state index contributed by atoms with van der Waals surface area (Å²) in [7, 11) is 0. The molecular weight excluding hydrogens is 638 g/mol. The normalized spacial score (nSPS) is 14.3. The van der Waals surface area contributed by atoms with Crippen LogP contribution in [0.25, 0.3) is 0 Å². The molecule has 0 atom stereocenters. The van der Waals surface area contributed by atoms with Crippen LogP contribution in [0, 0.1) is 0 Å². The molecule has 0 fully saturated rings. The monoisotopic (exact) mass is 652 g/mol. The van der Waals surface area contributed by atoms with Gasteiger partial charge in [0, 0.05) is 11.4 Å². The van der Waals surface area contributed by atoms with Crippen LogP contribution in [0.4, 0.5) is 102 Å². The number of benzene rings is 2. The molecule has 0 saturated heterocycles. The molecule has 2 rings (SSSR count). The summed E-state index contributed by atoms with van der Waals surface area (Å²) in [5.74, 6) is -42.5. The molecule has 0 bridgehead atoms. The van der Waals surface area contributed by atoms with Crippen molar-refractivity contribution in [2.45, 2.75) is 47.9 Å². The van der Waals surface area contributed by atoms with Crippen LogP contribution in [0.2, 0.25) is 0 Å². The predicted molar refractivity (Wildman–Crippen MR) is 110 cm³/mol. The number of hydrogen-bond acceptors (Lipinski definition) is 4. The molecule has 0 aliphatic carbocycles. The first-order chi connectivity index (χ1) is 18.3. The maximum atomic E-state index is 13.9. The molecule has 22 heteroatoms. The van der Waals surface area contributed by atoms with Gasteiger partial charge >= 0.3 is 47.9 Å². The van der Waals surface area contributed by atoms with Crippen LogP contribution in [0.1, 0.15) is 11.1 Å². The molecule has 0 aliphatic rings. The highest BCUT2D eigenvalue weighted by atomic mass is 19.4. The first-order valence-electron chi connectivity index (χ1n) is 10.0. The molecule has 240 valence electrons. The maximum Gasteiger partial charge on any atom is 0.460 e. The Hall–Kier alpha value is -3.62. The van der Waals surface area contributed by atoms with Crippen LogP contribution >= 0.6 is 0 Å². The summed E-state index contributed by atoms with van der Waals surface area (Å²) in [6.45, 7) is 0. The number of alkyl halides is 18. The summed E-state index contributed by atoms with van der Waals surface area (Å²) in [6, 6.07) is 3.65. The van der Waals surface area contributed by atoms with Gasteiger partial charge in [0.2, 0.25) is 0 Å². The summed E-state index contributed by atoms with van der Waals surface area (Å²) in [6.07, 6.45) is -13.1. The first-order valence-corrected chi connectivity index (χ1v) is 10.0. The first kappa shape index (κ1) is 36.4. The second-order valence-electron chi connectivity index (χ2n) is 8.10. The fourth-order valence-electron chi connectivity index (χ4n) is 2.79. The largest absolute Gasteiger partial charge is 0.460 e. The smallest absolute Gasteiger partial charge is 0.399 e. The molecule has 0 spiro atoms. The molecule has 0 amide bonds. The third-order valence-electron chi connectivity index (χ3n) is 5.18. The molecule has 0 unspecified atom stereocenters. The van der Waals surface area contributed by atoms with E-state index in [4.69, 9.17) is 22.9 Å². The van der Waals surface area contributed by atoms with Gasteiger partial charge in [0.15, 0.2) is 0 Å². The van der Waals surface area contributed by atoms with E-state index in [-0.39, 0.29) is 11.8 Å². The summed E-state index contributed by atoms with van der Waals surface area (Å²) in [4.78, 5) is 0. The van der Waals surface area contributed by atoms with Crippen molar-refractivity contribution in [1.82, 2.24) is 0 Å². The zero-order chi connectivity index (χ0) is 33.7. The Kier molecular flexibility index (Phi) is 9.17. The van der Waals surface area contributed by atoms with Gasteiger partial charge in [0.1, 0.15) is 0 Å². The molecule has 0 aromatic heterocycles. The lowest BCUT2D eigenvalue weighted by Crippen LogP contribution is -2.69. The minimum atomic E-state index is -7.96. The van der Waals surface area contributed by atoms with Gasteiger partial charge in [-0.2, -0.15) is 79.0 Å². The van der Waals surface area contributed by atoms with Gasteiger partial charge in [-0.05, 0) is 24.3 Å². The van der Waals surface area contributed by atoms with E-state index in [0.29, 0.717) is 18.2 Å². The van der Waals surface area contributed by atoms with E-state index in [9.17, 15) is 79.0 Å². The average molecular weight is 652 g/mol. The predicted octanol–water partition coefficient (Wildman–Crippen LogP) is 7.55. The van der Waals surface area contributed by atoms with E-state index >= 15 is 0 Å². The van der Waals surface area contributed by atoms with Crippen molar-refractivity contribution in [3.05, 3.63) is 47.5 Å². The number of nitrogens with two attached hydrogens (primary N) is 4. The van der Waals surface area contributed by atoms with E-state index in [1.54, 1.807) is 0 Å². The lowest BCUT2D eigenvalue weighted by molar-refractivity contribution is -0.441.